The Morgan fingerprint density at radius 3 is 2.46 bits per heavy atom. The molecule has 1 aliphatic heterocycles. The zero-order valence-corrected chi connectivity index (χ0v) is 16.9. The smallest absolute Gasteiger partial charge is 0.223 e. The van der Waals surface area contributed by atoms with Crippen molar-refractivity contribution in [3.63, 3.8) is 0 Å². The van der Waals surface area contributed by atoms with Crippen LogP contribution in [0.25, 0.3) is 11.3 Å². The van der Waals surface area contributed by atoms with Gasteiger partial charge in [0.2, 0.25) is 5.91 Å². The summed E-state index contributed by atoms with van der Waals surface area (Å²) in [4.78, 5) is 21.7. The Morgan fingerprint density at radius 2 is 1.81 bits per heavy atom. The van der Waals surface area contributed by atoms with E-state index in [1.807, 2.05) is 23.1 Å². The first kappa shape index (κ1) is 19.1. The number of thiazole rings is 1. The van der Waals surface area contributed by atoms with Gasteiger partial charge in [0.05, 0.1) is 10.7 Å². The van der Waals surface area contributed by atoms with Crippen molar-refractivity contribution in [1.29, 1.82) is 0 Å². The number of aryl methyl sites for hydroxylation is 1. The van der Waals surface area contributed by atoms with E-state index in [9.17, 15) is 4.79 Å². The SMILES string of the molecule is CC(C)(C)CN1CCN(C(=O)CCc2nc(-c3ccccc3)cs2)CC1. The fourth-order valence-electron chi connectivity index (χ4n) is 3.37. The van der Waals surface area contributed by atoms with Crippen molar-refractivity contribution in [2.24, 2.45) is 5.41 Å². The highest BCUT2D eigenvalue weighted by atomic mass is 32.1. The van der Waals surface area contributed by atoms with Crippen LogP contribution in [0, 0.1) is 5.41 Å². The minimum Gasteiger partial charge on any atom is -0.340 e. The van der Waals surface area contributed by atoms with Gasteiger partial charge in [0.25, 0.3) is 0 Å². The van der Waals surface area contributed by atoms with Crippen LogP contribution in [0.3, 0.4) is 0 Å². The summed E-state index contributed by atoms with van der Waals surface area (Å²) < 4.78 is 0. The highest BCUT2D eigenvalue weighted by molar-refractivity contribution is 7.09. The summed E-state index contributed by atoms with van der Waals surface area (Å²) in [6.45, 7) is 11.6. The molecule has 26 heavy (non-hydrogen) atoms. The molecule has 2 heterocycles. The van der Waals surface area contributed by atoms with Gasteiger partial charge in [-0.05, 0) is 5.41 Å². The number of nitrogens with zero attached hydrogens (tertiary/aromatic N) is 3. The van der Waals surface area contributed by atoms with Crippen LogP contribution in [0.15, 0.2) is 35.7 Å². The Morgan fingerprint density at radius 1 is 1.12 bits per heavy atom. The van der Waals surface area contributed by atoms with Crippen molar-refractivity contribution < 1.29 is 4.79 Å². The van der Waals surface area contributed by atoms with E-state index in [4.69, 9.17) is 0 Å². The van der Waals surface area contributed by atoms with Crippen LogP contribution in [0.4, 0.5) is 0 Å². The summed E-state index contributed by atoms with van der Waals surface area (Å²) in [5.74, 6) is 0.261. The third kappa shape index (κ3) is 5.39. The van der Waals surface area contributed by atoms with E-state index in [0.717, 1.165) is 55.4 Å². The molecule has 0 bridgehead atoms. The molecule has 0 atom stereocenters. The first-order valence-electron chi connectivity index (χ1n) is 9.41. The molecular weight excluding hydrogens is 342 g/mol. The van der Waals surface area contributed by atoms with E-state index < -0.39 is 0 Å². The molecule has 1 amide bonds. The molecule has 2 aromatic rings. The molecule has 1 saturated heterocycles. The van der Waals surface area contributed by atoms with Crippen LogP contribution >= 0.6 is 11.3 Å². The number of aromatic nitrogens is 1. The minimum atomic E-state index is 0.261. The lowest BCUT2D eigenvalue weighted by Gasteiger charge is -2.37. The molecule has 4 nitrogen and oxygen atoms in total. The van der Waals surface area contributed by atoms with Crippen molar-refractivity contribution >= 4 is 17.2 Å². The fraction of sp³-hybridized carbons (Fsp3) is 0.524. The van der Waals surface area contributed by atoms with E-state index in [0.29, 0.717) is 11.8 Å². The molecule has 1 aromatic heterocycles. The van der Waals surface area contributed by atoms with Crippen LogP contribution in [0.2, 0.25) is 0 Å². The van der Waals surface area contributed by atoms with Crippen molar-refractivity contribution in [3.05, 3.63) is 40.7 Å². The molecule has 0 aliphatic carbocycles. The van der Waals surface area contributed by atoms with Gasteiger partial charge in [-0.15, -0.1) is 11.3 Å². The van der Waals surface area contributed by atoms with Crippen LogP contribution < -0.4 is 0 Å². The number of benzene rings is 1. The second kappa shape index (κ2) is 8.31. The lowest BCUT2D eigenvalue weighted by atomic mass is 9.96. The molecule has 0 unspecified atom stereocenters. The lowest BCUT2D eigenvalue weighted by Crippen LogP contribution is -2.50. The Bertz CT molecular complexity index is 712. The number of hydrogen-bond acceptors (Lipinski definition) is 4. The van der Waals surface area contributed by atoms with E-state index in [-0.39, 0.29) is 5.91 Å². The van der Waals surface area contributed by atoms with E-state index in [1.54, 1.807) is 11.3 Å². The van der Waals surface area contributed by atoms with Gasteiger partial charge in [0.1, 0.15) is 0 Å². The van der Waals surface area contributed by atoms with Crippen LogP contribution in [0.5, 0.6) is 0 Å². The first-order chi connectivity index (χ1) is 12.4. The molecular formula is C21H29N3OS. The van der Waals surface area contributed by atoms with Crippen molar-refractivity contribution in [2.75, 3.05) is 32.7 Å². The molecule has 5 heteroatoms. The maximum absolute atomic E-state index is 12.5. The van der Waals surface area contributed by atoms with Crippen LogP contribution in [-0.2, 0) is 11.2 Å². The summed E-state index contributed by atoms with van der Waals surface area (Å²) in [5.41, 5.74) is 2.46. The summed E-state index contributed by atoms with van der Waals surface area (Å²) in [6, 6.07) is 10.2. The molecule has 1 aromatic carbocycles. The summed E-state index contributed by atoms with van der Waals surface area (Å²) >= 11 is 1.65. The Kier molecular flexibility index (Phi) is 6.09. The molecule has 1 aliphatic rings. The Hall–Kier alpha value is -1.72. The van der Waals surface area contributed by atoms with E-state index >= 15 is 0 Å². The number of piperazine rings is 1. The average molecular weight is 372 g/mol. The summed E-state index contributed by atoms with van der Waals surface area (Å²) in [5, 5.41) is 3.13. The number of rotatable bonds is 5. The number of hydrogen-bond donors (Lipinski definition) is 0. The molecule has 140 valence electrons. The third-order valence-corrected chi connectivity index (χ3v) is 5.51. The van der Waals surface area contributed by atoms with Crippen molar-refractivity contribution in [1.82, 2.24) is 14.8 Å². The monoisotopic (exact) mass is 371 g/mol. The molecule has 0 radical (unpaired) electrons. The quantitative estimate of drug-likeness (QED) is 0.799. The Labute approximate surface area is 160 Å². The molecule has 0 N–H and O–H groups in total. The van der Waals surface area contributed by atoms with Crippen molar-refractivity contribution in [3.8, 4) is 11.3 Å². The van der Waals surface area contributed by atoms with E-state index in [1.165, 1.54) is 0 Å². The molecule has 0 saturated carbocycles. The topological polar surface area (TPSA) is 36.4 Å². The number of carbonyl (C=O) groups is 1. The molecule has 0 spiro atoms. The summed E-state index contributed by atoms with van der Waals surface area (Å²) in [6.07, 6.45) is 1.29. The summed E-state index contributed by atoms with van der Waals surface area (Å²) in [7, 11) is 0. The number of amides is 1. The van der Waals surface area contributed by atoms with Gasteiger partial charge < -0.3 is 4.90 Å². The number of carbonyl (C=O) groups excluding carboxylic acids is 1. The van der Waals surface area contributed by atoms with Gasteiger partial charge in [-0.1, -0.05) is 51.1 Å². The Balaban J connectivity index is 1.46. The van der Waals surface area contributed by atoms with Crippen LogP contribution in [0.1, 0.15) is 32.2 Å². The predicted molar refractivity (Wildman–Crippen MR) is 108 cm³/mol. The average Bonchev–Trinajstić information content (AvgIpc) is 3.09. The second-order valence-corrected chi connectivity index (χ2v) is 9.15. The van der Waals surface area contributed by atoms with Gasteiger partial charge >= 0.3 is 0 Å². The maximum Gasteiger partial charge on any atom is 0.223 e. The van der Waals surface area contributed by atoms with Gasteiger partial charge in [-0.3, -0.25) is 9.69 Å². The fourth-order valence-corrected chi connectivity index (χ4v) is 4.17. The largest absolute Gasteiger partial charge is 0.340 e. The van der Waals surface area contributed by atoms with Crippen LogP contribution in [-0.4, -0.2) is 53.4 Å². The zero-order valence-electron chi connectivity index (χ0n) is 16.1. The second-order valence-electron chi connectivity index (χ2n) is 8.21. The molecule has 3 rings (SSSR count). The third-order valence-electron chi connectivity index (χ3n) is 4.60. The minimum absolute atomic E-state index is 0.261. The lowest BCUT2D eigenvalue weighted by molar-refractivity contribution is -0.133. The first-order valence-corrected chi connectivity index (χ1v) is 10.3. The van der Waals surface area contributed by atoms with Gasteiger partial charge in [0, 0.05) is 56.5 Å². The highest BCUT2D eigenvalue weighted by Crippen LogP contribution is 2.22. The maximum atomic E-state index is 12.5. The van der Waals surface area contributed by atoms with E-state index in [2.05, 4.69) is 48.2 Å². The van der Waals surface area contributed by atoms with Gasteiger partial charge in [0.15, 0.2) is 0 Å². The predicted octanol–water partition coefficient (Wildman–Crippen LogP) is 3.93. The zero-order chi connectivity index (χ0) is 18.6. The van der Waals surface area contributed by atoms with Gasteiger partial charge in [-0.25, -0.2) is 4.98 Å². The normalized spacial score (nSPS) is 16.0. The van der Waals surface area contributed by atoms with Crippen molar-refractivity contribution in [2.45, 2.75) is 33.6 Å². The van der Waals surface area contributed by atoms with Gasteiger partial charge in [-0.2, -0.15) is 0 Å². The highest BCUT2D eigenvalue weighted by Gasteiger charge is 2.24. The standard InChI is InChI=1S/C21H29N3OS/c1-21(2,3)16-23-11-13-24(14-12-23)20(25)10-9-19-22-18(15-26-19)17-7-5-4-6-8-17/h4-8,15H,9-14,16H2,1-3H3. The molecule has 1 fully saturated rings.